The molecule has 0 spiro atoms. The molecule has 1 rings (SSSR count). The summed E-state index contributed by atoms with van der Waals surface area (Å²) in [6, 6.07) is 2.44. The molecule has 15 heavy (non-hydrogen) atoms. The highest BCUT2D eigenvalue weighted by Gasteiger charge is 2.23. The van der Waals surface area contributed by atoms with Gasteiger partial charge in [-0.15, -0.1) is 0 Å². The van der Waals surface area contributed by atoms with E-state index in [0.717, 1.165) is 18.7 Å². The molecule has 0 bridgehead atoms. The van der Waals surface area contributed by atoms with Crippen LogP contribution in [-0.4, -0.2) is 22.6 Å². The van der Waals surface area contributed by atoms with Crippen molar-refractivity contribution >= 4 is 0 Å². The van der Waals surface area contributed by atoms with Gasteiger partial charge in [-0.2, -0.15) is 0 Å². The van der Waals surface area contributed by atoms with Crippen LogP contribution in [0, 0.1) is 5.41 Å². The van der Waals surface area contributed by atoms with Crippen LogP contribution in [0.1, 0.15) is 33.4 Å². The first-order valence-electron chi connectivity index (χ1n) is 5.52. The third kappa shape index (κ3) is 3.96. The number of rotatable bonds is 4. The molecule has 0 aliphatic carbocycles. The lowest BCUT2D eigenvalue weighted by Crippen LogP contribution is -2.42. The molecule has 1 N–H and O–H groups in total. The first kappa shape index (κ1) is 12.1. The Morgan fingerprint density at radius 1 is 1.40 bits per heavy atom. The second-order valence-electron chi connectivity index (χ2n) is 4.88. The molecule has 0 saturated heterocycles. The number of likely N-dealkylation sites (N-methyl/N-ethyl adjacent to an activating group) is 1. The molecule has 84 valence electrons. The van der Waals surface area contributed by atoms with E-state index in [-0.39, 0.29) is 5.41 Å². The van der Waals surface area contributed by atoms with Crippen molar-refractivity contribution in [1.29, 1.82) is 0 Å². The van der Waals surface area contributed by atoms with Crippen LogP contribution in [0.4, 0.5) is 0 Å². The monoisotopic (exact) mass is 207 g/mol. The summed E-state index contributed by atoms with van der Waals surface area (Å²) in [7, 11) is 0. The van der Waals surface area contributed by atoms with Crippen LogP contribution in [-0.2, 0) is 6.42 Å². The fraction of sp³-hybridized carbons (Fsp3) is 0.667. The molecular weight excluding hydrogens is 186 g/mol. The minimum atomic E-state index is 0.251. The minimum Gasteiger partial charge on any atom is -0.313 e. The van der Waals surface area contributed by atoms with Crippen molar-refractivity contribution in [3.63, 3.8) is 0 Å². The van der Waals surface area contributed by atoms with Crippen LogP contribution < -0.4 is 5.32 Å². The van der Waals surface area contributed by atoms with E-state index in [9.17, 15) is 0 Å². The van der Waals surface area contributed by atoms with Crippen molar-refractivity contribution in [2.24, 2.45) is 5.41 Å². The maximum absolute atomic E-state index is 4.26. The van der Waals surface area contributed by atoms with Gasteiger partial charge in [-0.25, -0.2) is 9.97 Å². The third-order valence-electron chi connectivity index (χ3n) is 2.55. The molecule has 1 aromatic heterocycles. The molecule has 0 radical (unpaired) electrons. The molecule has 0 aliphatic rings. The summed E-state index contributed by atoms with van der Waals surface area (Å²) in [5, 5.41) is 3.51. The van der Waals surface area contributed by atoms with Crippen LogP contribution in [0.25, 0.3) is 0 Å². The zero-order valence-electron chi connectivity index (χ0n) is 10.1. The first-order chi connectivity index (χ1) is 7.04. The molecule has 1 unspecified atom stereocenters. The second-order valence-corrected chi connectivity index (χ2v) is 4.88. The van der Waals surface area contributed by atoms with Crippen LogP contribution >= 0.6 is 0 Å². The molecule has 3 heteroatoms. The second kappa shape index (κ2) is 5.21. The summed E-state index contributed by atoms with van der Waals surface area (Å²) in [5.74, 6) is 0. The van der Waals surface area contributed by atoms with Crippen molar-refractivity contribution in [1.82, 2.24) is 15.3 Å². The van der Waals surface area contributed by atoms with Gasteiger partial charge in [-0.3, -0.25) is 0 Å². The van der Waals surface area contributed by atoms with E-state index in [4.69, 9.17) is 0 Å². The number of aromatic nitrogens is 2. The Labute approximate surface area is 92.3 Å². The maximum atomic E-state index is 4.26. The summed E-state index contributed by atoms with van der Waals surface area (Å²) in [5.41, 5.74) is 1.35. The predicted molar refractivity (Wildman–Crippen MR) is 62.7 cm³/mol. The molecule has 0 amide bonds. The normalized spacial score (nSPS) is 13.9. The van der Waals surface area contributed by atoms with Crippen LogP contribution in [0.5, 0.6) is 0 Å². The van der Waals surface area contributed by atoms with E-state index < -0.39 is 0 Å². The summed E-state index contributed by atoms with van der Waals surface area (Å²) >= 11 is 0. The van der Waals surface area contributed by atoms with E-state index in [0.29, 0.717) is 6.04 Å². The van der Waals surface area contributed by atoms with Crippen LogP contribution in [0.3, 0.4) is 0 Å². The molecule has 0 saturated carbocycles. The van der Waals surface area contributed by atoms with Gasteiger partial charge in [0.25, 0.3) is 0 Å². The van der Waals surface area contributed by atoms with Crippen molar-refractivity contribution in [2.45, 2.75) is 40.2 Å². The summed E-state index contributed by atoms with van der Waals surface area (Å²) in [6.07, 6.45) is 4.37. The summed E-state index contributed by atoms with van der Waals surface area (Å²) in [4.78, 5) is 8.19. The Kier molecular flexibility index (Phi) is 4.21. The topological polar surface area (TPSA) is 37.8 Å². The molecule has 3 nitrogen and oxygen atoms in total. The van der Waals surface area contributed by atoms with Gasteiger partial charge in [0.15, 0.2) is 0 Å². The molecule has 0 aromatic carbocycles. The molecule has 1 aromatic rings. The van der Waals surface area contributed by atoms with Gasteiger partial charge in [0, 0.05) is 24.4 Å². The summed E-state index contributed by atoms with van der Waals surface area (Å²) < 4.78 is 0. The fourth-order valence-electron chi connectivity index (χ4n) is 1.58. The molecule has 1 heterocycles. The lowest BCUT2D eigenvalue weighted by molar-refractivity contribution is 0.268. The van der Waals surface area contributed by atoms with Gasteiger partial charge in [0.1, 0.15) is 6.33 Å². The first-order valence-corrected chi connectivity index (χ1v) is 5.52. The average Bonchev–Trinajstić information content (AvgIpc) is 2.17. The number of nitrogens with one attached hydrogen (secondary N) is 1. The van der Waals surface area contributed by atoms with E-state index in [1.54, 1.807) is 12.5 Å². The Morgan fingerprint density at radius 2 is 2.13 bits per heavy atom. The summed E-state index contributed by atoms with van der Waals surface area (Å²) in [6.45, 7) is 9.89. The van der Waals surface area contributed by atoms with Gasteiger partial charge in [0.2, 0.25) is 0 Å². The number of hydrogen-bond acceptors (Lipinski definition) is 3. The zero-order chi connectivity index (χ0) is 11.3. The van der Waals surface area contributed by atoms with Gasteiger partial charge in [-0.05, 0) is 18.0 Å². The van der Waals surface area contributed by atoms with E-state index in [1.807, 2.05) is 6.07 Å². The van der Waals surface area contributed by atoms with Crippen molar-refractivity contribution in [2.75, 3.05) is 6.54 Å². The van der Waals surface area contributed by atoms with Gasteiger partial charge >= 0.3 is 0 Å². The number of hydrogen-bond donors (Lipinski definition) is 1. The molecular formula is C12H21N3. The quantitative estimate of drug-likeness (QED) is 0.821. The van der Waals surface area contributed by atoms with E-state index >= 15 is 0 Å². The fourth-order valence-corrected chi connectivity index (χ4v) is 1.58. The van der Waals surface area contributed by atoms with Gasteiger partial charge in [0.05, 0.1) is 0 Å². The minimum absolute atomic E-state index is 0.251. The van der Waals surface area contributed by atoms with E-state index in [1.165, 1.54) is 0 Å². The Balaban J connectivity index is 2.67. The van der Waals surface area contributed by atoms with Crippen LogP contribution in [0.2, 0.25) is 0 Å². The highest BCUT2D eigenvalue weighted by atomic mass is 14.9. The molecule has 0 fully saturated rings. The maximum Gasteiger partial charge on any atom is 0.115 e. The largest absolute Gasteiger partial charge is 0.313 e. The SMILES string of the molecule is CCNC(Cc1ccncn1)C(C)(C)C. The Morgan fingerprint density at radius 3 is 2.60 bits per heavy atom. The smallest absolute Gasteiger partial charge is 0.115 e. The third-order valence-corrected chi connectivity index (χ3v) is 2.55. The molecule has 0 aliphatic heterocycles. The zero-order valence-corrected chi connectivity index (χ0v) is 10.1. The van der Waals surface area contributed by atoms with Crippen molar-refractivity contribution < 1.29 is 0 Å². The van der Waals surface area contributed by atoms with Crippen molar-refractivity contribution in [3.05, 3.63) is 24.3 Å². The lowest BCUT2D eigenvalue weighted by Gasteiger charge is -2.31. The Bertz CT molecular complexity index is 277. The highest BCUT2D eigenvalue weighted by molar-refractivity contribution is 5.02. The predicted octanol–water partition coefficient (Wildman–Crippen LogP) is 2.04. The Hall–Kier alpha value is -0.960. The lowest BCUT2D eigenvalue weighted by atomic mass is 9.84. The number of nitrogens with zero attached hydrogens (tertiary/aromatic N) is 2. The van der Waals surface area contributed by atoms with Gasteiger partial charge < -0.3 is 5.32 Å². The average molecular weight is 207 g/mol. The highest BCUT2D eigenvalue weighted by Crippen LogP contribution is 2.21. The van der Waals surface area contributed by atoms with Crippen LogP contribution in [0.15, 0.2) is 18.6 Å². The molecule has 1 atom stereocenters. The van der Waals surface area contributed by atoms with E-state index in [2.05, 4.69) is 43.0 Å². The van der Waals surface area contributed by atoms with Gasteiger partial charge in [-0.1, -0.05) is 27.7 Å². The standard InChI is InChI=1S/C12H21N3/c1-5-14-11(12(2,3)4)8-10-6-7-13-9-15-10/h6-7,9,11,14H,5,8H2,1-4H3. The van der Waals surface area contributed by atoms with Crippen molar-refractivity contribution in [3.8, 4) is 0 Å².